The van der Waals surface area contributed by atoms with Crippen LogP contribution in [0.4, 0.5) is 0 Å². The molecule has 6 nitrogen and oxygen atoms in total. The van der Waals surface area contributed by atoms with Gasteiger partial charge >= 0.3 is 17.9 Å². The fraction of sp³-hybridized carbons (Fsp3) is 0.569. The smallest absolute Gasteiger partial charge is 0.306 e. The molecular formula is C72H112O6. The molecule has 1 atom stereocenters. The number of hydrogen-bond acceptors (Lipinski definition) is 6. The maximum Gasteiger partial charge on any atom is 0.306 e. The van der Waals surface area contributed by atoms with E-state index in [1.165, 1.54) is 44.9 Å². The van der Waals surface area contributed by atoms with Gasteiger partial charge in [0.05, 0.1) is 0 Å². The number of ether oxygens (including phenoxy) is 3. The molecule has 0 aliphatic carbocycles. The molecule has 0 aromatic heterocycles. The first-order chi connectivity index (χ1) is 38.5. The molecule has 0 aliphatic rings. The van der Waals surface area contributed by atoms with Crippen molar-refractivity contribution < 1.29 is 28.6 Å². The summed E-state index contributed by atoms with van der Waals surface area (Å²) >= 11 is 0. The molecule has 436 valence electrons. The summed E-state index contributed by atoms with van der Waals surface area (Å²) in [6.07, 6.45) is 95.0. The van der Waals surface area contributed by atoms with Gasteiger partial charge in [0.1, 0.15) is 13.2 Å². The summed E-state index contributed by atoms with van der Waals surface area (Å²) in [5.41, 5.74) is 0. The average Bonchev–Trinajstić information content (AvgIpc) is 3.44. The minimum Gasteiger partial charge on any atom is -0.462 e. The lowest BCUT2D eigenvalue weighted by molar-refractivity contribution is -0.167. The van der Waals surface area contributed by atoms with E-state index >= 15 is 0 Å². The molecule has 0 saturated heterocycles. The summed E-state index contributed by atoms with van der Waals surface area (Å²) in [7, 11) is 0. The van der Waals surface area contributed by atoms with Crippen LogP contribution in [0.25, 0.3) is 0 Å². The summed E-state index contributed by atoms with van der Waals surface area (Å²) in [5.74, 6) is -1.01. The van der Waals surface area contributed by atoms with E-state index < -0.39 is 6.10 Å². The second-order valence-corrected chi connectivity index (χ2v) is 19.8. The Morgan fingerprint density at radius 2 is 0.513 bits per heavy atom. The zero-order chi connectivity index (χ0) is 56.4. The van der Waals surface area contributed by atoms with E-state index in [4.69, 9.17) is 14.2 Å². The second-order valence-electron chi connectivity index (χ2n) is 19.8. The van der Waals surface area contributed by atoms with E-state index in [2.05, 4.69) is 191 Å². The van der Waals surface area contributed by atoms with Crippen LogP contribution in [-0.2, 0) is 28.6 Å². The van der Waals surface area contributed by atoms with E-state index in [1.54, 1.807) is 0 Å². The Hall–Kier alpha value is -5.23. The molecule has 0 amide bonds. The van der Waals surface area contributed by atoms with E-state index in [0.29, 0.717) is 12.8 Å². The van der Waals surface area contributed by atoms with E-state index in [0.717, 1.165) is 154 Å². The van der Waals surface area contributed by atoms with Gasteiger partial charge in [-0.3, -0.25) is 14.4 Å². The van der Waals surface area contributed by atoms with Crippen LogP contribution in [0, 0.1) is 0 Å². The summed E-state index contributed by atoms with van der Waals surface area (Å²) in [6.45, 7) is 6.31. The van der Waals surface area contributed by atoms with Crippen LogP contribution in [0.3, 0.4) is 0 Å². The molecule has 0 heterocycles. The monoisotopic (exact) mass is 1070 g/mol. The molecule has 0 radical (unpaired) electrons. The summed E-state index contributed by atoms with van der Waals surface area (Å²) < 4.78 is 16.8. The summed E-state index contributed by atoms with van der Waals surface area (Å²) in [4.78, 5) is 38.2. The van der Waals surface area contributed by atoms with Crippen molar-refractivity contribution in [3.05, 3.63) is 170 Å². The predicted octanol–water partition coefficient (Wildman–Crippen LogP) is 21.5. The topological polar surface area (TPSA) is 78.9 Å². The molecule has 0 aliphatic heterocycles. The minimum absolute atomic E-state index is 0.114. The maximum atomic E-state index is 12.9. The van der Waals surface area contributed by atoms with Crippen LogP contribution in [0.15, 0.2) is 170 Å². The Bertz CT molecular complexity index is 1810. The quantitative estimate of drug-likeness (QED) is 0.0261. The summed E-state index contributed by atoms with van der Waals surface area (Å²) in [6, 6.07) is 0. The van der Waals surface area contributed by atoms with Gasteiger partial charge in [0, 0.05) is 19.3 Å². The Labute approximate surface area is 479 Å². The van der Waals surface area contributed by atoms with Gasteiger partial charge in [-0.15, -0.1) is 0 Å². The molecule has 0 bridgehead atoms. The zero-order valence-corrected chi connectivity index (χ0v) is 49.9. The second kappa shape index (κ2) is 64.3. The lowest BCUT2D eigenvalue weighted by atomic mass is 10.1. The van der Waals surface area contributed by atoms with Crippen molar-refractivity contribution in [1.29, 1.82) is 0 Å². The van der Waals surface area contributed by atoms with Crippen molar-refractivity contribution in [3.8, 4) is 0 Å². The van der Waals surface area contributed by atoms with Gasteiger partial charge in [-0.1, -0.05) is 249 Å². The fourth-order valence-corrected chi connectivity index (χ4v) is 7.84. The van der Waals surface area contributed by atoms with Crippen molar-refractivity contribution in [2.45, 2.75) is 252 Å². The highest BCUT2D eigenvalue weighted by molar-refractivity contribution is 5.71. The Morgan fingerprint density at radius 1 is 0.269 bits per heavy atom. The molecule has 0 N–H and O–H groups in total. The molecule has 0 aromatic carbocycles. The molecule has 0 rings (SSSR count). The lowest BCUT2D eigenvalue weighted by Gasteiger charge is -2.18. The molecule has 0 aromatic rings. The van der Waals surface area contributed by atoms with Gasteiger partial charge in [0.15, 0.2) is 6.10 Å². The van der Waals surface area contributed by atoms with Gasteiger partial charge in [0.2, 0.25) is 0 Å². The molecule has 1 unspecified atom stereocenters. The molecule has 0 fully saturated rings. The van der Waals surface area contributed by atoms with Crippen molar-refractivity contribution >= 4 is 17.9 Å². The van der Waals surface area contributed by atoms with E-state index in [9.17, 15) is 14.4 Å². The van der Waals surface area contributed by atoms with Gasteiger partial charge in [-0.05, 0) is 148 Å². The third-order valence-electron chi connectivity index (χ3n) is 12.4. The molecular weight excluding hydrogens is 961 g/mol. The Balaban J connectivity index is 4.48. The number of carbonyl (C=O) groups is 3. The third kappa shape index (κ3) is 61.6. The zero-order valence-electron chi connectivity index (χ0n) is 49.9. The highest BCUT2D eigenvalue weighted by Gasteiger charge is 2.19. The lowest BCUT2D eigenvalue weighted by Crippen LogP contribution is -2.30. The highest BCUT2D eigenvalue weighted by atomic mass is 16.6. The number of esters is 3. The number of hydrogen-bond donors (Lipinski definition) is 0. The average molecular weight is 1070 g/mol. The third-order valence-corrected chi connectivity index (χ3v) is 12.4. The van der Waals surface area contributed by atoms with Gasteiger partial charge in [0.25, 0.3) is 0 Å². The van der Waals surface area contributed by atoms with Crippen molar-refractivity contribution in [3.63, 3.8) is 0 Å². The van der Waals surface area contributed by atoms with Crippen LogP contribution in [0.1, 0.15) is 245 Å². The normalized spacial score (nSPS) is 13.3. The number of rotatable bonds is 54. The number of allylic oxidation sites excluding steroid dienone is 28. The SMILES string of the molecule is CC/C=C\C/C=C\C/C=C\C/C=C\C/C=C\C/C=C\C/C=C\C/C=C\C/C=C\CCCC(=O)OCC(COC(=O)CCCCCCC/C=C\CCCCC)OC(=O)CCCCCCCC/C=C\C/C=C\C/C=C\C/C=C\CC. The fourth-order valence-electron chi connectivity index (χ4n) is 7.84. The standard InChI is InChI=1S/C72H112O6/c1-4-7-10-13-16-19-22-25-27-29-31-32-33-34-35-36-37-38-39-40-42-43-45-47-50-53-56-59-62-65-71(74)77-68-69(67-76-70(73)64-61-58-55-52-49-24-21-18-15-12-9-6-3)78-72(75)66-63-60-57-54-51-48-46-44-41-30-28-26-23-20-17-14-11-8-5-2/h7-8,10-11,16-21,25-28,31-32,34-35,37-38,40-42,44-45,47,53,56,69H,4-6,9,12-15,22-24,29-30,33,36,39,43,46,48-52,54-55,57-68H2,1-3H3/b10-7-,11-8-,19-16-,20-17-,21-18-,27-25-,28-26-,32-31-,35-34-,38-37-,42-40-,44-41-,47-45-,56-53-. The first-order valence-electron chi connectivity index (χ1n) is 31.1. The first-order valence-corrected chi connectivity index (χ1v) is 31.1. The molecule has 0 saturated carbocycles. The van der Waals surface area contributed by atoms with Crippen LogP contribution in [0.5, 0.6) is 0 Å². The van der Waals surface area contributed by atoms with Crippen molar-refractivity contribution in [2.24, 2.45) is 0 Å². The van der Waals surface area contributed by atoms with Gasteiger partial charge in [-0.25, -0.2) is 0 Å². The largest absolute Gasteiger partial charge is 0.462 e. The van der Waals surface area contributed by atoms with Crippen molar-refractivity contribution in [1.82, 2.24) is 0 Å². The summed E-state index contributed by atoms with van der Waals surface area (Å²) in [5, 5.41) is 0. The molecule has 78 heavy (non-hydrogen) atoms. The van der Waals surface area contributed by atoms with Crippen molar-refractivity contribution in [2.75, 3.05) is 13.2 Å². The number of carbonyl (C=O) groups excluding carboxylic acids is 3. The van der Waals surface area contributed by atoms with Crippen LogP contribution >= 0.6 is 0 Å². The molecule has 6 heteroatoms. The minimum atomic E-state index is -0.822. The Kier molecular flexibility index (Phi) is 60.0. The first kappa shape index (κ1) is 72.8. The van der Waals surface area contributed by atoms with Crippen LogP contribution < -0.4 is 0 Å². The highest BCUT2D eigenvalue weighted by Crippen LogP contribution is 2.13. The van der Waals surface area contributed by atoms with Crippen LogP contribution in [0.2, 0.25) is 0 Å². The maximum absolute atomic E-state index is 12.9. The van der Waals surface area contributed by atoms with E-state index in [1.807, 2.05) is 0 Å². The van der Waals surface area contributed by atoms with Gasteiger partial charge in [-0.2, -0.15) is 0 Å². The predicted molar refractivity (Wildman–Crippen MR) is 338 cm³/mol. The van der Waals surface area contributed by atoms with Crippen LogP contribution in [-0.4, -0.2) is 37.2 Å². The molecule has 0 spiro atoms. The van der Waals surface area contributed by atoms with E-state index in [-0.39, 0.29) is 44.0 Å². The van der Waals surface area contributed by atoms with Gasteiger partial charge < -0.3 is 14.2 Å². The Morgan fingerprint density at radius 3 is 0.846 bits per heavy atom. The number of unbranched alkanes of at least 4 members (excludes halogenated alkanes) is 15.